The molecule has 0 aliphatic carbocycles. The second-order valence-electron chi connectivity index (χ2n) is 5.96. The highest BCUT2D eigenvalue weighted by Crippen LogP contribution is 2.29. The average Bonchev–Trinajstić information content (AvgIpc) is 2.58. The van der Waals surface area contributed by atoms with Crippen LogP contribution >= 0.6 is 0 Å². The lowest BCUT2D eigenvalue weighted by molar-refractivity contribution is -0.137. The van der Waals surface area contributed by atoms with Gasteiger partial charge in [0.05, 0.1) is 12.5 Å². The first-order valence-corrected chi connectivity index (χ1v) is 8.02. The summed E-state index contributed by atoms with van der Waals surface area (Å²) in [6, 6.07) is 20.4. The van der Waals surface area contributed by atoms with Crippen molar-refractivity contribution in [1.82, 2.24) is 0 Å². The standard InChI is InChI=1S/C19H22N2O2/c1-15-18(14-19(22)23)21(17-10-6-3-7-11-17)13-12-20(15)16-8-4-2-5-9-16/h2-11,15,18H,12-14H2,1H3,(H,22,23)/t15-,18+/m0/s1. The first-order chi connectivity index (χ1) is 11.2. The van der Waals surface area contributed by atoms with Crippen molar-refractivity contribution in [2.75, 3.05) is 22.9 Å². The molecule has 4 nitrogen and oxygen atoms in total. The molecule has 1 fully saturated rings. The number of hydrogen-bond donors (Lipinski definition) is 1. The summed E-state index contributed by atoms with van der Waals surface area (Å²) in [5.74, 6) is -0.752. The van der Waals surface area contributed by atoms with E-state index in [1.165, 1.54) is 0 Å². The van der Waals surface area contributed by atoms with E-state index in [4.69, 9.17) is 0 Å². The molecule has 1 N–H and O–H groups in total. The molecule has 23 heavy (non-hydrogen) atoms. The first-order valence-electron chi connectivity index (χ1n) is 8.02. The number of anilines is 2. The lowest BCUT2D eigenvalue weighted by Crippen LogP contribution is -2.59. The summed E-state index contributed by atoms with van der Waals surface area (Å²) in [6.45, 7) is 3.83. The predicted octanol–water partition coefficient (Wildman–Crippen LogP) is 3.25. The zero-order valence-electron chi connectivity index (χ0n) is 13.3. The molecule has 2 aromatic rings. The van der Waals surface area contributed by atoms with Crippen LogP contribution in [-0.2, 0) is 4.79 Å². The molecule has 0 unspecified atom stereocenters. The van der Waals surface area contributed by atoms with Crippen LogP contribution in [0.25, 0.3) is 0 Å². The zero-order chi connectivity index (χ0) is 16.2. The number of carbonyl (C=O) groups is 1. The zero-order valence-corrected chi connectivity index (χ0v) is 13.3. The van der Waals surface area contributed by atoms with E-state index in [1.54, 1.807) is 0 Å². The van der Waals surface area contributed by atoms with Crippen molar-refractivity contribution in [2.24, 2.45) is 0 Å². The van der Waals surface area contributed by atoms with Gasteiger partial charge in [-0.05, 0) is 31.2 Å². The number of piperazine rings is 1. The molecule has 0 amide bonds. The van der Waals surface area contributed by atoms with Crippen LogP contribution in [0.3, 0.4) is 0 Å². The Morgan fingerprint density at radius 1 is 0.957 bits per heavy atom. The Morgan fingerprint density at radius 2 is 1.43 bits per heavy atom. The highest BCUT2D eigenvalue weighted by Gasteiger charge is 2.35. The van der Waals surface area contributed by atoms with Gasteiger partial charge >= 0.3 is 5.97 Å². The van der Waals surface area contributed by atoms with Gasteiger partial charge in [0, 0.05) is 30.5 Å². The van der Waals surface area contributed by atoms with Crippen molar-refractivity contribution in [2.45, 2.75) is 25.4 Å². The number of carboxylic acids is 1. The van der Waals surface area contributed by atoms with Gasteiger partial charge < -0.3 is 14.9 Å². The molecule has 120 valence electrons. The minimum absolute atomic E-state index is 0.0520. The summed E-state index contributed by atoms with van der Waals surface area (Å²) in [5.41, 5.74) is 2.25. The SMILES string of the molecule is C[C@H]1[C@@H](CC(=O)O)N(c2ccccc2)CCN1c1ccccc1. The van der Waals surface area contributed by atoms with E-state index < -0.39 is 5.97 Å². The summed E-state index contributed by atoms with van der Waals surface area (Å²) < 4.78 is 0. The van der Waals surface area contributed by atoms with Crippen molar-refractivity contribution in [3.8, 4) is 0 Å². The molecule has 2 atom stereocenters. The normalized spacial score (nSPS) is 21.3. The maximum absolute atomic E-state index is 11.4. The molecule has 0 spiro atoms. The van der Waals surface area contributed by atoms with Gasteiger partial charge in [-0.3, -0.25) is 4.79 Å². The lowest BCUT2D eigenvalue weighted by Gasteiger charge is -2.48. The number of carboxylic acid groups (broad SMARTS) is 1. The summed E-state index contributed by atoms with van der Waals surface area (Å²) in [4.78, 5) is 15.9. The van der Waals surface area contributed by atoms with Crippen molar-refractivity contribution in [3.63, 3.8) is 0 Å². The molecule has 0 aromatic heterocycles. The fourth-order valence-electron chi connectivity index (χ4n) is 3.44. The van der Waals surface area contributed by atoms with E-state index in [0.717, 1.165) is 24.5 Å². The van der Waals surface area contributed by atoms with Crippen LogP contribution < -0.4 is 9.80 Å². The number of rotatable bonds is 4. The van der Waals surface area contributed by atoms with Crippen LogP contribution in [0.15, 0.2) is 60.7 Å². The second kappa shape index (κ2) is 6.73. The van der Waals surface area contributed by atoms with E-state index >= 15 is 0 Å². The molecule has 3 rings (SSSR count). The van der Waals surface area contributed by atoms with Crippen LogP contribution in [0.5, 0.6) is 0 Å². The van der Waals surface area contributed by atoms with Gasteiger partial charge in [-0.2, -0.15) is 0 Å². The minimum atomic E-state index is -0.752. The highest BCUT2D eigenvalue weighted by atomic mass is 16.4. The van der Waals surface area contributed by atoms with Gasteiger partial charge in [-0.15, -0.1) is 0 Å². The molecule has 0 radical (unpaired) electrons. The van der Waals surface area contributed by atoms with Gasteiger partial charge in [0.1, 0.15) is 0 Å². The van der Waals surface area contributed by atoms with E-state index in [9.17, 15) is 9.90 Å². The molecule has 1 aliphatic rings. The van der Waals surface area contributed by atoms with Gasteiger partial charge in [-0.25, -0.2) is 0 Å². The molecule has 2 aromatic carbocycles. The van der Waals surface area contributed by atoms with E-state index in [0.29, 0.717) is 0 Å². The molecule has 1 heterocycles. The Hall–Kier alpha value is -2.49. The maximum Gasteiger partial charge on any atom is 0.305 e. The van der Waals surface area contributed by atoms with Crippen LogP contribution in [0.2, 0.25) is 0 Å². The summed E-state index contributed by atoms with van der Waals surface area (Å²) in [5, 5.41) is 9.36. The largest absolute Gasteiger partial charge is 0.481 e. The van der Waals surface area contributed by atoms with Gasteiger partial charge in [0.15, 0.2) is 0 Å². The van der Waals surface area contributed by atoms with Crippen molar-refractivity contribution in [1.29, 1.82) is 0 Å². The first kappa shape index (κ1) is 15.4. The lowest BCUT2D eigenvalue weighted by atomic mass is 9.97. The minimum Gasteiger partial charge on any atom is -0.481 e. The number of hydrogen-bond acceptors (Lipinski definition) is 3. The molecule has 0 saturated carbocycles. The molecular formula is C19H22N2O2. The van der Waals surface area contributed by atoms with Gasteiger partial charge in [-0.1, -0.05) is 36.4 Å². The summed E-state index contributed by atoms with van der Waals surface area (Å²) in [6.07, 6.45) is 0.138. The van der Waals surface area contributed by atoms with E-state index in [2.05, 4.69) is 41.0 Å². The number of nitrogens with zero attached hydrogens (tertiary/aromatic N) is 2. The monoisotopic (exact) mass is 310 g/mol. The summed E-state index contributed by atoms with van der Waals surface area (Å²) >= 11 is 0. The smallest absolute Gasteiger partial charge is 0.305 e. The fourth-order valence-corrected chi connectivity index (χ4v) is 3.44. The highest BCUT2D eigenvalue weighted by molar-refractivity contribution is 5.69. The number of para-hydroxylation sites is 2. The Morgan fingerprint density at radius 3 is 1.96 bits per heavy atom. The van der Waals surface area contributed by atoms with Crippen molar-refractivity contribution < 1.29 is 9.90 Å². The number of aliphatic carboxylic acids is 1. The predicted molar refractivity (Wildman–Crippen MR) is 93.1 cm³/mol. The Balaban J connectivity index is 1.89. The Bertz CT molecular complexity index is 645. The van der Waals surface area contributed by atoms with Crippen LogP contribution in [0.4, 0.5) is 11.4 Å². The molecule has 4 heteroatoms. The average molecular weight is 310 g/mol. The van der Waals surface area contributed by atoms with Gasteiger partial charge in [0.2, 0.25) is 0 Å². The molecule has 1 saturated heterocycles. The van der Waals surface area contributed by atoms with Crippen LogP contribution in [-0.4, -0.2) is 36.2 Å². The van der Waals surface area contributed by atoms with Gasteiger partial charge in [0.25, 0.3) is 0 Å². The summed E-state index contributed by atoms with van der Waals surface area (Å²) in [7, 11) is 0. The third kappa shape index (κ3) is 3.31. The van der Waals surface area contributed by atoms with E-state index in [-0.39, 0.29) is 18.5 Å². The third-order valence-corrected chi connectivity index (χ3v) is 4.59. The van der Waals surface area contributed by atoms with E-state index in [1.807, 2.05) is 36.4 Å². The topological polar surface area (TPSA) is 43.8 Å². The Kier molecular flexibility index (Phi) is 4.51. The quantitative estimate of drug-likeness (QED) is 0.941. The molecule has 1 aliphatic heterocycles. The molecular weight excluding hydrogens is 288 g/mol. The van der Waals surface area contributed by atoms with Crippen LogP contribution in [0.1, 0.15) is 13.3 Å². The Labute approximate surface area is 137 Å². The fraction of sp³-hybridized carbons (Fsp3) is 0.316. The number of benzene rings is 2. The van der Waals surface area contributed by atoms with Crippen molar-refractivity contribution in [3.05, 3.63) is 60.7 Å². The van der Waals surface area contributed by atoms with Crippen molar-refractivity contribution >= 4 is 17.3 Å². The van der Waals surface area contributed by atoms with Crippen LogP contribution in [0, 0.1) is 0 Å². The third-order valence-electron chi connectivity index (χ3n) is 4.59. The maximum atomic E-state index is 11.4. The second-order valence-corrected chi connectivity index (χ2v) is 5.96. The molecule has 0 bridgehead atoms.